The lowest BCUT2D eigenvalue weighted by atomic mass is 9.88. The van der Waals surface area contributed by atoms with Crippen molar-refractivity contribution in [1.82, 2.24) is 5.06 Å². The molecular weight excluding hydrogens is 282 g/mol. The van der Waals surface area contributed by atoms with Crippen LogP contribution in [0.5, 0.6) is 0 Å². The number of nitrogens with zero attached hydrogens (tertiary/aromatic N) is 1. The van der Waals surface area contributed by atoms with Crippen molar-refractivity contribution in [2.45, 2.75) is 44.4 Å². The molecule has 2 fully saturated rings. The highest BCUT2D eigenvalue weighted by Gasteiger charge is 2.53. The minimum Gasteiger partial charge on any atom is -0.462 e. The number of hydrogen-bond donors (Lipinski definition) is 1. The van der Waals surface area contributed by atoms with Gasteiger partial charge < -0.3 is 9.84 Å². The molecule has 1 N–H and O–H groups in total. The molecule has 3 rings (SSSR count). The van der Waals surface area contributed by atoms with Crippen molar-refractivity contribution in [2.75, 3.05) is 13.2 Å². The van der Waals surface area contributed by atoms with Gasteiger partial charge in [0.2, 0.25) is 0 Å². The van der Waals surface area contributed by atoms with E-state index in [1.807, 2.05) is 30.3 Å². The average molecular weight is 305 g/mol. The van der Waals surface area contributed by atoms with Crippen LogP contribution in [0.1, 0.15) is 38.3 Å². The number of fused-ring (bicyclic) bond motifs is 1. The molecule has 1 aromatic carbocycles. The molecule has 120 valence electrons. The maximum Gasteiger partial charge on any atom is 0.325 e. The Labute approximate surface area is 130 Å². The zero-order valence-corrected chi connectivity index (χ0v) is 13.1. The van der Waals surface area contributed by atoms with E-state index < -0.39 is 11.6 Å². The molecule has 22 heavy (non-hydrogen) atoms. The Hall–Kier alpha value is -1.43. The molecule has 0 spiro atoms. The minimum atomic E-state index is -0.685. The fraction of sp³-hybridized carbons (Fsp3) is 0.588. The number of aliphatic hydroxyl groups excluding tert-OH is 1. The van der Waals surface area contributed by atoms with Crippen LogP contribution in [-0.4, -0.2) is 41.0 Å². The summed E-state index contributed by atoms with van der Waals surface area (Å²) >= 11 is 0. The number of benzene rings is 1. The van der Waals surface area contributed by atoms with E-state index in [1.54, 1.807) is 5.06 Å². The first kappa shape index (κ1) is 15.5. The molecule has 0 amide bonds. The summed E-state index contributed by atoms with van der Waals surface area (Å²) in [5, 5.41) is 11.6. The Morgan fingerprint density at radius 3 is 2.68 bits per heavy atom. The van der Waals surface area contributed by atoms with Gasteiger partial charge in [-0.05, 0) is 17.9 Å². The highest BCUT2D eigenvalue weighted by molar-refractivity contribution is 5.77. The second-order valence-electron chi connectivity index (χ2n) is 6.67. The SMILES string of the molecule is CC(C)C[C@@]1(CO)C[C@H]2C(=O)OC[C@H](c3ccccc3)N2O1. The van der Waals surface area contributed by atoms with E-state index in [0.717, 1.165) is 5.56 Å². The van der Waals surface area contributed by atoms with Gasteiger partial charge in [-0.3, -0.25) is 9.63 Å². The normalized spacial score (nSPS) is 32.1. The number of carbonyl (C=O) groups excluding carboxylic acids is 1. The lowest BCUT2D eigenvalue weighted by Crippen LogP contribution is -2.46. The van der Waals surface area contributed by atoms with E-state index in [4.69, 9.17) is 9.57 Å². The Morgan fingerprint density at radius 1 is 1.32 bits per heavy atom. The zero-order valence-electron chi connectivity index (χ0n) is 13.1. The Kier molecular flexibility index (Phi) is 4.21. The molecule has 5 heteroatoms. The molecule has 2 aliphatic heterocycles. The van der Waals surface area contributed by atoms with E-state index in [9.17, 15) is 9.90 Å². The number of hydrogen-bond acceptors (Lipinski definition) is 5. The van der Waals surface area contributed by atoms with Crippen LogP contribution in [0.3, 0.4) is 0 Å². The number of esters is 1. The predicted octanol–water partition coefficient (Wildman–Crippen LogP) is 2.07. The fourth-order valence-electron chi connectivity index (χ4n) is 3.51. The van der Waals surface area contributed by atoms with Crippen molar-refractivity contribution in [3.63, 3.8) is 0 Å². The van der Waals surface area contributed by atoms with E-state index in [2.05, 4.69) is 13.8 Å². The third-order valence-electron chi connectivity index (χ3n) is 4.39. The zero-order chi connectivity index (χ0) is 15.7. The van der Waals surface area contributed by atoms with Gasteiger partial charge in [-0.25, -0.2) is 0 Å². The largest absolute Gasteiger partial charge is 0.462 e. The van der Waals surface area contributed by atoms with Gasteiger partial charge in [0.15, 0.2) is 0 Å². The third kappa shape index (κ3) is 2.76. The predicted molar refractivity (Wildman–Crippen MR) is 80.7 cm³/mol. The number of hydroxylamine groups is 2. The maximum atomic E-state index is 12.1. The maximum absolute atomic E-state index is 12.1. The van der Waals surface area contributed by atoms with Gasteiger partial charge in [0, 0.05) is 6.42 Å². The van der Waals surface area contributed by atoms with E-state index in [1.165, 1.54) is 0 Å². The number of aliphatic hydroxyl groups is 1. The van der Waals surface area contributed by atoms with Crippen molar-refractivity contribution in [2.24, 2.45) is 5.92 Å². The smallest absolute Gasteiger partial charge is 0.325 e. The topological polar surface area (TPSA) is 59.0 Å². The highest BCUT2D eigenvalue weighted by Crippen LogP contribution is 2.43. The Morgan fingerprint density at radius 2 is 2.05 bits per heavy atom. The quantitative estimate of drug-likeness (QED) is 0.863. The molecule has 2 heterocycles. The van der Waals surface area contributed by atoms with Crippen LogP contribution in [-0.2, 0) is 14.4 Å². The summed E-state index contributed by atoms with van der Waals surface area (Å²) in [5.74, 6) is 0.117. The average Bonchev–Trinajstić information content (AvgIpc) is 2.88. The van der Waals surface area contributed by atoms with E-state index in [0.29, 0.717) is 18.8 Å². The molecule has 5 nitrogen and oxygen atoms in total. The standard InChI is InChI=1S/C17H23NO4/c1-12(2)8-17(11-19)9-14-16(20)21-10-15(18(14)22-17)13-6-4-3-5-7-13/h3-7,12,14-15,19H,8-11H2,1-2H3/t14-,15+,17-/m0/s1. The molecule has 0 aliphatic carbocycles. The molecule has 0 unspecified atom stereocenters. The molecule has 0 saturated carbocycles. The molecule has 2 aliphatic rings. The van der Waals surface area contributed by atoms with Crippen LogP contribution in [0.4, 0.5) is 0 Å². The van der Waals surface area contributed by atoms with Crippen molar-refractivity contribution in [1.29, 1.82) is 0 Å². The highest BCUT2D eigenvalue weighted by atomic mass is 16.7. The molecular formula is C17H23NO4. The summed E-state index contributed by atoms with van der Waals surface area (Å²) in [7, 11) is 0. The van der Waals surface area contributed by atoms with Crippen molar-refractivity contribution in [3.05, 3.63) is 35.9 Å². The fourth-order valence-corrected chi connectivity index (χ4v) is 3.51. The van der Waals surface area contributed by atoms with Crippen LogP contribution < -0.4 is 0 Å². The summed E-state index contributed by atoms with van der Waals surface area (Å²) in [6.45, 7) is 4.37. The van der Waals surface area contributed by atoms with Gasteiger partial charge in [0.05, 0.1) is 12.6 Å². The van der Waals surface area contributed by atoms with Crippen LogP contribution >= 0.6 is 0 Å². The van der Waals surface area contributed by atoms with Gasteiger partial charge in [0.25, 0.3) is 0 Å². The summed E-state index contributed by atoms with van der Waals surface area (Å²) in [4.78, 5) is 18.2. The van der Waals surface area contributed by atoms with Crippen LogP contribution in [0.25, 0.3) is 0 Å². The van der Waals surface area contributed by atoms with E-state index >= 15 is 0 Å². The monoisotopic (exact) mass is 305 g/mol. The molecule has 2 saturated heterocycles. The van der Waals surface area contributed by atoms with Crippen LogP contribution in [0, 0.1) is 5.92 Å². The van der Waals surface area contributed by atoms with Crippen molar-refractivity contribution < 1.29 is 19.5 Å². The second-order valence-corrected chi connectivity index (χ2v) is 6.67. The molecule has 0 aromatic heterocycles. The number of rotatable bonds is 4. The second kappa shape index (κ2) is 5.99. The van der Waals surface area contributed by atoms with E-state index in [-0.39, 0.29) is 25.2 Å². The third-order valence-corrected chi connectivity index (χ3v) is 4.39. The number of cyclic esters (lactones) is 1. The van der Waals surface area contributed by atoms with Crippen molar-refractivity contribution in [3.8, 4) is 0 Å². The lowest BCUT2D eigenvalue weighted by Gasteiger charge is -2.35. The van der Waals surface area contributed by atoms with Gasteiger partial charge >= 0.3 is 5.97 Å². The minimum absolute atomic E-state index is 0.0903. The molecule has 0 radical (unpaired) electrons. The molecule has 3 atom stereocenters. The van der Waals surface area contributed by atoms with Gasteiger partial charge in [-0.2, -0.15) is 5.06 Å². The molecule has 0 bridgehead atoms. The molecule has 1 aromatic rings. The lowest BCUT2D eigenvalue weighted by molar-refractivity contribution is -0.260. The first-order valence-corrected chi connectivity index (χ1v) is 7.84. The summed E-state index contributed by atoms with van der Waals surface area (Å²) in [6, 6.07) is 9.33. The number of morpholine rings is 1. The van der Waals surface area contributed by atoms with Crippen LogP contribution in [0.15, 0.2) is 30.3 Å². The van der Waals surface area contributed by atoms with Crippen LogP contribution in [0.2, 0.25) is 0 Å². The first-order valence-electron chi connectivity index (χ1n) is 7.84. The first-order chi connectivity index (χ1) is 10.5. The van der Waals surface area contributed by atoms with Gasteiger partial charge in [-0.1, -0.05) is 44.2 Å². The number of carbonyl (C=O) groups is 1. The summed E-state index contributed by atoms with van der Waals surface area (Å²) in [5.41, 5.74) is 0.369. The Bertz CT molecular complexity index is 533. The Balaban J connectivity index is 1.88. The number of ether oxygens (including phenoxy) is 1. The van der Waals surface area contributed by atoms with Gasteiger partial charge in [0.1, 0.15) is 18.2 Å². The summed E-state index contributed by atoms with van der Waals surface area (Å²) < 4.78 is 5.36. The summed E-state index contributed by atoms with van der Waals surface area (Å²) in [6.07, 6.45) is 1.19. The van der Waals surface area contributed by atoms with Crippen molar-refractivity contribution >= 4 is 5.97 Å². The van der Waals surface area contributed by atoms with Gasteiger partial charge in [-0.15, -0.1) is 0 Å².